The lowest BCUT2D eigenvalue weighted by Gasteiger charge is -2.28. The molecule has 1 saturated heterocycles. The summed E-state index contributed by atoms with van der Waals surface area (Å²) in [6.45, 7) is 8.16. The Kier molecular flexibility index (Phi) is 5.85. The van der Waals surface area contributed by atoms with Crippen molar-refractivity contribution in [2.75, 3.05) is 33.2 Å². The molecule has 1 amide bonds. The van der Waals surface area contributed by atoms with E-state index in [9.17, 15) is 4.79 Å². The number of ether oxygens (including phenoxy) is 1. The van der Waals surface area contributed by atoms with Crippen LogP contribution in [0.5, 0.6) is 5.75 Å². The minimum Gasteiger partial charge on any atom is -0.481 e. The van der Waals surface area contributed by atoms with Crippen molar-refractivity contribution >= 4 is 5.91 Å². The number of benzene rings is 1. The van der Waals surface area contributed by atoms with Gasteiger partial charge in [0.1, 0.15) is 17.4 Å². The Labute approximate surface area is 172 Å². The van der Waals surface area contributed by atoms with Gasteiger partial charge in [0.2, 0.25) is 0 Å². The molecule has 0 N–H and O–H groups in total. The molecule has 0 aliphatic carbocycles. The van der Waals surface area contributed by atoms with Crippen LogP contribution in [-0.2, 0) is 17.8 Å². The molecule has 1 atom stereocenters. The maximum atomic E-state index is 13.0. The number of likely N-dealkylation sites (tertiary alicyclic amines) is 1. The summed E-state index contributed by atoms with van der Waals surface area (Å²) < 4.78 is 8.14. The molecule has 29 heavy (non-hydrogen) atoms. The average molecular weight is 398 g/mol. The molecular formula is C22H31N5O2. The van der Waals surface area contributed by atoms with Gasteiger partial charge in [0.05, 0.1) is 0 Å². The van der Waals surface area contributed by atoms with Crippen molar-refractivity contribution in [1.82, 2.24) is 24.6 Å². The highest BCUT2D eigenvalue weighted by molar-refractivity contribution is 5.81. The molecule has 7 heteroatoms. The molecule has 2 aliphatic heterocycles. The monoisotopic (exact) mass is 397 g/mol. The van der Waals surface area contributed by atoms with E-state index >= 15 is 0 Å². The van der Waals surface area contributed by atoms with Crippen molar-refractivity contribution in [3.8, 4) is 5.75 Å². The van der Waals surface area contributed by atoms with Gasteiger partial charge in [-0.25, -0.2) is 0 Å². The lowest BCUT2D eigenvalue weighted by atomic mass is 9.96. The van der Waals surface area contributed by atoms with Crippen molar-refractivity contribution in [3.63, 3.8) is 0 Å². The van der Waals surface area contributed by atoms with Crippen molar-refractivity contribution in [1.29, 1.82) is 0 Å². The Bertz CT molecular complexity index is 839. The van der Waals surface area contributed by atoms with Crippen LogP contribution in [0, 0.1) is 6.92 Å². The molecular weight excluding hydrogens is 366 g/mol. The van der Waals surface area contributed by atoms with Gasteiger partial charge in [-0.1, -0.05) is 17.7 Å². The zero-order valence-electron chi connectivity index (χ0n) is 17.7. The minimum atomic E-state index is -0.505. The number of piperidine rings is 1. The zero-order valence-corrected chi connectivity index (χ0v) is 17.7. The first-order valence-corrected chi connectivity index (χ1v) is 10.6. The molecule has 2 aliphatic rings. The summed E-state index contributed by atoms with van der Waals surface area (Å²) in [6.07, 6.45) is 2.48. The van der Waals surface area contributed by atoms with E-state index in [0.717, 1.165) is 56.3 Å². The smallest absolute Gasteiger partial charge is 0.263 e. The number of carbonyl (C=O) groups excluding carboxylic acids is 1. The van der Waals surface area contributed by atoms with E-state index in [4.69, 9.17) is 4.74 Å². The van der Waals surface area contributed by atoms with Crippen LogP contribution < -0.4 is 4.74 Å². The van der Waals surface area contributed by atoms with Crippen LogP contribution in [0.1, 0.15) is 42.9 Å². The molecule has 1 aromatic carbocycles. The van der Waals surface area contributed by atoms with E-state index in [-0.39, 0.29) is 5.91 Å². The van der Waals surface area contributed by atoms with E-state index < -0.39 is 6.10 Å². The first kappa shape index (κ1) is 19.9. The Morgan fingerprint density at radius 1 is 1.07 bits per heavy atom. The first-order chi connectivity index (χ1) is 14.0. The minimum absolute atomic E-state index is 0.0325. The number of nitrogens with zero attached hydrogens (tertiary/aromatic N) is 5. The summed E-state index contributed by atoms with van der Waals surface area (Å²) in [7, 11) is 2.17. The van der Waals surface area contributed by atoms with Gasteiger partial charge >= 0.3 is 0 Å². The molecule has 3 heterocycles. The van der Waals surface area contributed by atoms with Crippen molar-refractivity contribution < 1.29 is 9.53 Å². The second-order valence-corrected chi connectivity index (χ2v) is 8.35. The van der Waals surface area contributed by atoms with Crippen LogP contribution in [0.25, 0.3) is 0 Å². The van der Waals surface area contributed by atoms with E-state index in [1.165, 1.54) is 5.56 Å². The number of rotatable bonds is 4. The van der Waals surface area contributed by atoms with Crippen LogP contribution in [0.15, 0.2) is 24.3 Å². The Balaban J connectivity index is 1.39. The van der Waals surface area contributed by atoms with Crippen LogP contribution in [0.2, 0.25) is 0 Å². The van der Waals surface area contributed by atoms with Crippen LogP contribution in [0.3, 0.4) is 0 Å². The molecule has 1 fully saturated rings. The number of hydrogen-bond donors (Lipinski definition) is 0. The summed E-state index contributed by atoms with van der Waals surface area (Å²) >= 11 is 0. The maximum absolute atomic E-state index is 13.0. The van der Waals surface area contributed by atoms with Gasteiger partial charge in [-0.15, -0.1) is 10.2 Å². The summed E-state index contributed by atoms with van der Waals surface area (Å²) in [6, 6.07) is 7.82. The van der Waals surface area contributed by atoms with Gasteiger partial charge in [0.25, 0.3) is 5.91 Å². The number of amides is 1. The predicted molar refractivity (Wildman–Crippen MR) is 111 cm³/mol. The fourth-order valence-electron chi connectivity index (χ4n) is 4.26. The summed E-state index contributed by atoms with van der Waals surface area (Å²) in [5, 5.41) is 8.98. The quantitative estimate of drug-likeness (QED) is 0.792. The Morgan fingerprint density at radius 3 is 2.52 bits per heavy atom. The number of aryl methyl sites for hydroxylation is 1. The lowest BCUT2D eigenvalue weighted by Crippen LogP contribution is -2.42. The largest absolute Gasteiger partial charge is 0.481 e. The third-order valence-corrected chi connectivity index (χ3v) is 6.13. The van der Waals surface area contributed by atoms with Gasteiger partial charge in [0, 0.05) is 32.0 Å². The van der Waals surface area contributed by atoms with Gasteiger partial charge in [0.15, 0.2) is 6.10 Å². The molecule has 0 radical (unpaired) electrons. The predicted octanol–water partition coefficient (Wildman–Crippen LogP) is 2.25. The van der Waals surface area contributed by atoms with E-state index in [2.05, 4.69) is 26.7 Å². The maximum Gasteiger partial charge on any atom is 0.263 e. The molecule has 1 aromatic heterocycles. The highest BCUT2D eigenvalue weighted by atomic mass is 16.5. The first-order valence-electron chi connectivity index (χ1n) is 10.6. The van der Waals surface area contributed by atoms with E-state index in [1.807, 2.05) is 43.0 Å². The molecule has 0 spiro atoms. The standard InChI is InChI=1S/C22H31N5O2/c1-16-4-6-19(7-5-16)29-17(2)22(28)26-13-10-20-23-24-21(27(20)15-14-26)18-8-11-25(3)12-9-18/h4-7,17-18H,8-15H2,1-3H3. The van der Waals surface area contributed by atoms with Gasteiger partial charge in [-0.2, -0.15) is 0 Å². The number of aromatic nitrogens is 3. The topological polar surface area (TPSA) is 63.5 Å². The van der Waals surface area contributed by atoms with Crippen LogP contribution in [0.4, 0.5) is 0 Å². The fourth-order valence-corrected chi connectivity index (χ4v) is 4.26. The second-order valence-electron chi connectivity index (χ2n) is 8.35. The van der Waals surface area contributed by atoms with E-state index in [1.54, 1.807) is 0 Å². The average Bonchev–Trinajstić information content (AvgIpc) is 3.01. The van der Waals surface area contributed by atoms with Gasteiger partial charge < -0.3 is 19.1 Å². The third kappa shape index (κ3) is 4.45. The molecule has 0 saturated carbocycles. The Morgan fingerprint density at radius 2 is 1.79 bits per heavy atom. The Hall–Kier alpha value is -2.41. The normalized spacial score (nSPS) is 19.5. The molecule has 4 rings (SSSR count). The third-order valence-electron chi connectivity index (χ3n) is 6.13. The van der Waals surface area contributed by atoms with Crippen LogP contribution >= 0.6 is 0 Å². The van der Waals surface area contributed by atoms with Crippen LogP contribution in [-0.4, -0.2) is 69.8 Å². The number of hydrogen-bond acceptors (Lipinski definition) is 5. The van der Waals surface area contributed by atoms with Crippen molar-refractivity contribution in [3.05, 3.63) is 41.5 Å². The molecule has 156 valence electrons. The summed E-state index contributed by atoms with van der Waals surface area (Å²) in [4.78, 5) is 17.2. The molecule has 1 unspecified atom stereocenters. The van der Waals surface area contributed by atoms with Gasteiger partial charge in [-0.05, 0) is 59.0 Å². The lowest BCUT2D eigenvalue weighted by molar-refractivity contribution is -0.137. The second kappa shape index (κ2) is 8.53. The fraction of sp³-hybridized carbons (Fsp3) is 0.591. The number of carbonyl (C=O) groups is 1. The zero-order chi connectivity index (χ0) is 20.4. The van der Waals surface area contributed by atoms with Gasteiger partial charge in [-0.3, -0.25) is 4.79 Å². The summed E-state index contributed by atoms with van der Waals surface area (Å²) in [5.41, 5.74) is 1.17. The summed E-state index contributed by atoms with van der Waals surface area (Å²) in [5.74, 6) is 3.34. The molecule has 0 bridgehead atoms. The molecule has 2 aromatic rings. The molecule has 7 nitrogen and oxygen atoms in total. The SMILES string of the molecule is Cc1ccc(OC(C)C(=O)N2CCc3nnc(C4CCN(C)CC4)n3CC2)cc1. The highest BCUT2D eigenvalue weighted by Gasteiger charge is 2.29. The van der Waals surface area contributed by atoms with Crippen molar-refractivity contribution in [2.24, 2.45) is 0 Å². The number of fused-ring (bicyclic) bond motifs is 1. The highest BCUT2D eigenvalue weighted by Crippen LogP contribution is 2.27. The van der Waals surface area contributed by atoms with E-state index in [0.29, 0.717) is 19.0 Å². The van der Waals surface area contributed by atoms with Crippen molar-refractivity contribution in [2.45, 2.75) is 51.7 Å².